The van der Waals surface area contributed by atoms with Gasteiger partial charge in [0.1, 0.15) is 18.2 Å². The van der Waals surface area contributed by atoms with Gasteiger partial charge in [-0.15, -0.1) is 0 Å². The molecule has 0 aliphatic carbocycles. The fraction of sp³-hybridized carbons (Fsp3) is 0.278. The maximum atomic E-state index is 13.1. The van der Waals surface area contributed by atoms with Gasteiger partial charge in [0.05, 0.1) is 17.1 Å². The monoisotopic (exact) mass is 448 g/mol. The van der Waals surface area contributed by atoms with Crippen molar-refractivity contribution in [1.82, 2.24) is 0 Å². The summed E-state index contributed by atoms with van der Waals surface area (Å²) in [5.41, 5.74) is 0.0603. The molecule has 1 N–H and O–H groups in total. The fourth-order valence-electron chi connectivity index (χ4n) is 2.63. The third kappa shape index (κ3) is 4.58. The number of carbonyl (C=O) groups excluding carboxylic acids is 1. The Bertz CT molecular complexity index is 1040. The van der Waals surface area contributed by atoms with Gasteiger partial charge in [-0.05, 0) is 49.4 Å². The molecular weight excluding hydrogens is 432 g/mol. The summed E-state index contributed by atoms with van der Waals surface area (Å²) in [7, 11) is -4.08. The predicted molar refractivity (Wildman–Crippen MR) is 98.5 cm³/mol. The molecule has 1 heterocycles. The van der Waals surface area contributed by atoms with Gasteiger partial charge in [-0.25, -0.2) is 17.6 Å². The van der Waals surface area contributed by atoms with E-state index in [0.29, 0.717) is 6.92 Å². The van der Waals surface area contributed by atoms with E-state index in [9.17, 15) is 30.8 Å². The minimum Gasteiger partial charge on any atom is -0.489 e. The molecule has 0 aromatic heterocycles. The van der Waals surface area contributed by atoms with Crippen LogP contribution >= 0.6 is 0 Å². The van der Waals surface area contributed by atoms with E-state index in [2.05, 4.69) is 10.1 Å². The molecule has 0 radical (unpaired) electrons. The molecule has 1 aliphatic rings. The molecule has 7 nitrogen and oxygen atoms in total. The van der Waals surface area contributed by atoms with Gasteiger partial charge < -0.3 is 9.47 Å². The van der Waals surface area contributed by atoms with Crippen LogP contribution in [0.1, 0.15) is 6.92 Å². The second-order valence-electron chi connectivity index (χ2n) is 6.28. The zero-order valence-electron chi connectivity index (χ0n) is 15.4. The molecule has 1 aliphatic heterocycles. The molecule has 1 amide bonds. The number of sulfonamides is 1. The topological polar surface area (TPSA) is 84.9 Å². The molecule has 1 unspecified atom stereocenters. The lowest BCUT2D eigenvalue weighted by molar-refractivity contribution is -0.196. The molecule has 12 heteroatoms. The van der Waals surface area contributed by atoms with Crippen molar-refractivity contribution >= 4 is 27.5 Å². The zero-order chi connectivity index (χ0) is 22.1. The Morgan fingerprint density at radius 3 is 2.50 bits per heavy atom. The standard InChI is InChI=1S/C18H16F4N2O5S/c1-11(18(20,21)22)29-17(25)23-13-4-7-16-15(10-13)24(8-9-28-16)30(26,27)14-5-2-12(19)3-6-14/h2-7,10-11H,8-9H2,1H3,(H,23,25). The maximum absolute atomic E-state index is 13.1. The summed E-state index contributed by atoms with van der Waals surface area (Å²) in [5.74, 6) is -0.413. The van der Waals surface area contributed by atoms with Gasteiger partial charge in [0.25, 0.3) is 10.0 Å². The summed E-state index contributed by atoms with van der Waals surface area (Å²) in [6.45, 7) is 0.661. The summed E-state index contributed by atoms with van der Waals surface area (Å²) >= 11 is 0. The lowest BCUT2D eigenvalue weighted by atomic mass is 10.2. The van der Waals surface area contributed by atoms with Gasteiger partial charge in [-0.3, -0.25) is 9.62 Å². The number of carbonyl (C=O) groups is 1. The number of anilines is 2. The highest BCUT2D eigenvalue weighted by molar-refractivity contribution is 7.92. The van der Waals surface area contributed by atoms with E-state index < -0.39 is 34.2 Å². The smallest absolute Gasteiger partial charge is 0.425 e. The van der Waals surface area contributed by atoms with Crippen LogP contribution in [-0.4, -0.2) is 39.9 Å². The number of nitrogens with one attached hydrogen (secondary N) is 1. The Morgan fingerprint density at radius 2 is 1.87 bits per heavy atom. The lowest BCUT2D eigenvalue weighted by Gasteiger charge is -2.30. The molecule has 3 rings (SSSR count). The van der Waals surface area contributed by atoms with Crippen molar-refractivity contribution in [2.45, 2.75) is 24.1 Å². The average molecular weight is 448 g/mol. The Hall–Kier alpha value is -3.02. The summed E-state index contributed by atoms with van der Waals surface area (Å²) in [5, 5.41) is 2.13. The van der Waals surface area contributed by atoms with Crippen LogP contribution in [-0.2, 0) is 14.8 Å². The second kappa shape index (κ2) is 8.01. The third-order valence-corrected chi connectivity index (χ3v) is 6.00. The van der Waals surface area contributed by atoms with Gasteiger partial charge >= 0.3 is 12.3 Å². The number of fused-ring (bicyclic) bond motifs is 1. The van der Waals surface area contributed by atoms with E-state index in [0.717, 1.165) is 28.6 Å². The van der Waals surface area contributed by atoms with E-state index in [1.54, 1.807) is 0 Å². The Kier molecular flexibility index (Phi) is 5.79. The van der Waals surface area contributed by atoms with Crippen LogP contribution in [0.3, 0.4) is 0 Å². The number of ether oxygens (including phenoxy) is 2. The number of hydrogen-bond acceptors (Lipinski definition) is 5. The predicted octanol–water partition coefficient (Wildman–Crippen LogP) is 3.91. The van der Waals surface area contributed by atoms with Crippen LogP contribution in [0, 0.1) is 5.82 Å². The van der Waals surface area contributed by atoms with Gasteiger partial charge in [0.2, 0.25) is 0 Å². The SMILES string of the molecule is CC(OC(=O)Nc1ccc2c(c1)N(S(=O)(=O)c1ccc(F)cc1)CCO2)C(F)(F)F. The molecule has 0 saturated heterocycles. The molecule has 0 saturated carbocycles. The number of halogens is 4. The van der Waals surface area contributed by atoms with E-state index in [4.69, 9.17) is 4.74 Å². The summed E-state index contributed by atoms with van der Waals surface area (Å²) in [4.78, 5) is 11.6. The van der Waals surface area contributed by atoms with Crippen LogP contribution in [0.5, 0.6) is 5.75 Å². The minimum absolute atomic E-state index is 0.00192. The molecule has 0 spiro atoms. The van der Waals surface area contributed by atoms with Crippen LogP contribution < -0.4 is 14.4 Å². The van der Waals surface area contributed by atoms with E-state index in [1.807, 2.05) is 0 Å². The first-order chi connectivity index (χ1) is 14.0. The quantitative estimate of drug-likeness (QED) is 0.717. The van der Waals surface area contributed by atoms with Crippen LogP contribution in [0.2, 0.25) is 0 Å². The van der Waals surface area contributed by atoms with Crippen molar-refractivity contribution < 1.29 is 40.2 Å². The lowest BCUT2D eigenvalue weighted by Crippen LogP contribution is -2.38. The summed E-state index contributed by atoms with van der Waals surface area (Å²) in [6, 6.07) is 8.15. The highest BCUT2D eigenvalue weighted by Crippen LogP contribution is 2.37. The van der Waals surface area contributed by atoms with Crippen LogP contribution in [0.25, 0.3) is 0 Å². The zero-order valence-corrected chi connectivity index (χ0v) is 16.3. The van der Waals surface area contributed by atoms with Gasteiger partial charge in [-0.1, -0.05) is 0 Å². The fourth-order valence-corrected chi connectivity index (χ4v) is 4.08. The van der Waals surface area contributed by atoms with Gasteiger partial charge in [0, 0.05) is 5.69 Å². The van der Waals surface area contributed by atoms with Crippen molar-refractivity contribution in [2.24, 2.45) is 0 Å². The first kappa shape index (κ1) is 21.7. The molecule has 30 heavy (non-hydrogen) atoms. The maximum Gasteiger partial charge on any atom is 0.425 e. The van der Waals surface area contributed by atoms with Crippen molar-refractivity contribution in [1.29, 1.82) is 0 Å². The van der Waals surface area contributed by atoms with Crippen molar-refractivity contribution in [3.63, 3.8) is 0 Å². The average Bonchev–Trinajstić information content (AvgIpc) is 2.67. The van der Waals surface area contributed by atoms with Crippen molar-refractivity contribution in [3.8, 4) is 5.75 Å². The molecule has 0 fully saturated rings. The highest BCUT2D eigenvalue weighted by Gasteiger charge is 2.39. The normalized spacial score (nSPS) is 15.0. The molecule has 2 aromatic carbocycles. The minimum atomic E-state index is -4.72. The number of benzene rings is 2. The van der Waals surface area contributed by atoms with Gasteiger partial charge in [-0.2, -0.15) is 13.2 Å². The number of alkyl halides is 3. The first-order valence-corrected chi connectivity index (χ1v) is 10.0. The Balaban J connectivity index is 1.86. The van der Waals surface area contributed by atoms with Crippen LogP contribution in [0.4, 0.5) is 33.7 Å². The Labute approximate surface area is 169 Å². The van der Waals surface area contributed by atoms with E-state index >= 15 is 0 Å². The molecule has 0 bridgehead atoms. The summed E-state index contributed by atoms with van der Waals surface area (Å²) < 4.78 is 87.3. The number of nitrogens with zero attached hydrogens (tertiary/aromatic N) is 1. The van der Waals surface area contributed by atoms with E-state index in [-0.39, 0.29) is 35.2 Å². The second-order valence-corrected chi connectivity index (χ2v) is 8.14. The Morgan fingerprint density at radius 1 is 1.20 bits per heavy atom. The van der Waals surface area contributed by atoms with Crippen molar-refractivity contribution in [3.05, 3.63) is 48.3 Å². The molecule has 2 aromatic rings. The van der Waals surface area contributed by atoms with Crippen LogP contribution in [0.15, 0.2) is 47.4 Å². The first-order valence-electron chi connectivity index (χ1n) is 8.58. The third-order valence-electron chi connectivity index (χ3n) is 4.17. The number of amides is 1. The molecular formula is C18H16F4N2O5S. The number of hydrogen-bond donors (Lipinski definition) is 1. The largest absolute Gasteiger partial charge is 0.489 e. The van der Waals surface area contributed by atoms with Crippen molar-refractivity contribution in [2.75, 3.05) is 22.8 Å². The van der Waals surface area contributed by atoms with E-state index in [1.165, 1.54) is 18.2 Å². The number of rotatable bonds is 4. The highest BCUT2D eigenvalue weighted by atomic mass is 32.2. The molecule has 162 valence electrons. The molecule has 1 atom stereocenters. The van der Waals surface area contributed by atoms with Gasteiger partial charge in [0.15, 0.2) is 6.10 Å². The summed E-state index contributed by atoms with van der Waals surface area (Å²) in [6.07, 6.45) is -8.40.